The van der Waals surface area contributed by atoms with E-state index in [4.69, 9.17) is 39.5 Å². The molecule has 3 rings (SSSR count). The number of benzene rings is 3. The van der Waals surface area contributed by atoms with Crippen molar-refractivity contribution in [2.75, 3.05) is 6.61 Å². The Morgan fingerprint density at radius 2 is 1.56 bits per heavy atom. The number of carbonyl (C=O) groups is 2. The van der Waals surface area contributed by atoms with Crippen LogP contribution in [0.4, 0.5) is 0 Å². The van der Waals surface area contributed by atoms with Gasteiger partial charge in [-0.05, 0) is 56.7 Å². The summed E-state index contributed by atoms with van der Waals surface area (Å²) < 4.78 is 5.74. The first-order valence-electron chi connectivity index (χ1n) is 11.5. The van der Waals surface area contributed by atoms with Gasteiger partial charge >= 0.3 is 0 Å². The largest absolute Gasteiger partial charge is 0.484 e. The highest BCUT2D eigenvalue weighted by molar-refractivity contribution is 6.36. The number of hydrogen-bond donors (Lipinski definition) is 1. The van der Waals surface area contributed by atoms with Crippen molar-refractivity contribution in [3.05, 3.63) is 99.0 Å². The van der Waals surface area contributed by atoms with Crippen LogP contribution in [0.5, 0.6) is 5.75 Å². The predicted octanol–water partition coefficient (Wildman–Crippen LogP) is 6.58. The zero-order valence-corrected chi connectivity index (χ0v) is 22.7. The Morgan fingerprint density at radius 1 is 0.917 bits per heavy atom. The van der Waals surface area contributed by atoms with Gasteiger partial charge in [-0.15, -0.1) is 0 Å². The zero-order valence-electron chi connectivity index (χ0n) is 20.4. The van der Waals surface area contributed by atoms with E-state index < -0.39 is 17.5 Å². The first-order valence-corrected chi connectivity index (χ1v) is 12.6. The van der Waals surface area contributed by atoms with Crippen LogP contribution in [0.3, 0.4) is 0 Å². The van der Waals surface area contributed by atoms with Gasteiger partial charge in [-0.3, -0.25) is 9.59 Å². The molecule has 3 aromatic carbocycles. The predicted molar refractivity (Wildman–Crippen MR) is 146 cm³/mol. The molecule has 190 valence electrons. The van der Waals surface area contributed by atoms with Gasteiger partial charge in [-0.1, -0.05) is 77.3 Å². The molecule has 2 amide bonds. The quantitative estimate of drug-likeness (QED) is 0.329. The minimum absolute atomic E-state index is 0.0330. The average Bonchev–Trinajstić information content (AvgIpc) is 2.81. The Balaban J connectivity index is 1.98. The Kier molecular flexibility index (Phi) is 9.66. The molecule has 0 saturated carbocycles. The molecule has 0 fully saturated rings. The Labute approximate surface area is 227 Å². The second-order valence-electron chi connectivity index (χ2n) is 9.41. The molecular weight excluding hydrogens is 519 g/mol. The summed E-state index contributed by atoms with van der Waals surface area (Å²) in [6.45, 7) is 5.42. The maximum Gasteiger partial charge on any atom is 0.261 e. The Hall–Kier alpha value is -2.73. The molecule has 0 unspecified atom stereocenters. The number of halogens is 3. The fourth-order valence-electron chi connectivity index (χ4n) is 3.65. The van der Waals surface area contributed by atoms with Gasteiger partial charge < -0.3 is 15.0 Å². The number of ether oxygens (including phenoxy) is 1. The van der Waals surface area contributed by atoms with Crippen LogP contribution in [0.15, 0.2) is 72.8 Å². The molecular formula is C28H29Cl3N2O3. The lowest BCUT2D eigenvalue weighted by atomic mass is 10.0. The average molecular weight is 548 g/mol. The van der Waals surface area contributed by atoms with Crippen LogP contribution < -0.4 is 10.1 Å². The molecule has 3 aromatic rings. The molecule has 0 radical (unpaired) electrons. The van der Waals surface area contributed by atoms with Crippen LogP contribution in [-0.2, 0) is 22.6 Å². The minimum Gasteiger partial charge on any atom is -0.484 e. The lowest BCUT2D eigenvalue weighted by molar-refractivity contribution is -0.143. The summed E-state index contributed by atoms with van der Waals surface area (Å²) in [5.41, 5.74) is 0.962. The van der Waals surface area contributed by atoms with Gasteiger partial charge in [0, 0.05) is 39.1 Å². The molecule has 0 saturated heterocycles. The van der Waals surface area contributed by atoms with E-state index in [1.807, 2.05) is 51.1 Å². The van der Waals surface area contributed by atoms with Gasteiger partial charge in [-0.2, -0.15) is 0 Å². The number of carbonyl (C=O) groups excluding carboxylic acids is 2. The molecule has 5 nitrogen and oxygen atoms in total. The van der Waals surface area contributed by atoms with Crippen molar-refractivity contribution in [2.45, 2.75) is 45.3 Å². The van der Waals surface area contributed by atoms with Crippen LogP contribution in [0.1, 0.15) is 31.9 Å². The van der Waals surface area contributed by atoms with Crippen molar-refractivity contribution < 1.29 is 14.3 Å². The molecule has 0 heterocycles. The van der Waals surface area contributed by atoms with E-state index in [9.17, 15) is 9.59 Å². The topological polar surface area (TPSA) is 58.6 Å². The number of rotatable bonds is 9. The minimum atomic E-state index is -0.838. The maximum absolute atomic E-state index is 13.6. The smallest absolute Gasteiger partial charge is 0.261 e. The highest BCUT2D eigenvalue weighted by Crippen LogP contribution is 2.27. The molecule has 0 aliphatic rings. The summed E-state index contributed by atoms with van der Waals surface area (Å²) >= 11 is 19.0. The van der Waals surface area contributed by atoms with E-state index in [-0.39, 0.29) is 19.1 Å². The number of hydrogen-bond acceptors (Lipinski definition) is 3. The Bertz CT molecular complexity index is 1180. The van der Waals surface area contributed by atoms with Crippen molar-refractivity contribution in [2.24, 2.45) is 0 Å². The second kappa shape index (κ2) is 12.5. The van der Waals surface area contributed by atoms with Crippen molar-refractivity contribution in [1.29, 1.82) is 0 Å². The SMILES string of the molecule is CC(C)(C)NC(=O)[C@@H](Cc1ccccc1)N(Cc1c(Cl)cccc1Cl)C(=O)COc1cccc(Cl)c1. The van der Waals surface area contributed by atoms with E-state index >= 15 is 0 Å². The molecule has 0 spiro atoms. The van der Waals surface area contributed by atoms with Gasteiger partial charge in [0.1, 0.15) is 11.8 Å². The second-order valence-corrected chi connectivity index (χ2v) is 10.7. The molecule has 8 heteroatoms. The number of nitrogens with one attached hydrogen (secondary N) is 1. The van der Waals surface area contributed by atoms with Crippen molar-refractivity contribution in [3.63, 3.8) is 0 Å². The summed E-state index contributed by atoms with van der Waals surface area (Å²) in [5, 5.41) is 4.32. The molecule has 0 bridgehead atoms. The normalized spacial score (nSPS) is 12.1. The van der Waals surface area contributed by atoms with Crippen molar-refractivity contribution in [1.82, 2.24) is 10.2 Å². The van der Waals surface area contributed by atoms with E-state index in [0.717, 1.165) is 5.56 Å². The van der Waals surface area contributed by atoms with E-state index in [1.165, 1.54) is 4.90 Å². The van der Waals surface area contributed by atoms with E-state index in [0.29, 0.717) is 32.8 Å². The standard InChI is InChI=1S/C28H29Cl3N2O3/c1-28(2,3)32-27(35)25(15-19-9-5-4-6-10-19)33(17-22-23(30)13-8-14-24(22)31)26(34)18-36-21-12-7-11-20(29)16-21/h4-14,16,25H,15,17-18H2,1-3H3,(H,32,35)/t25-/m1/s1. The van der Waals surface area contributed by atoms with Gasteiger partial charge in [0.2, 0.25) is 5.91 Å². The highest BCUT2D eigenvalue weighted by atomic mass is 35.5. The van der Waals surface area contributed by atoms with Crippen LogP contribution in [0, 0.1) is 0 Å². The number of nitrogens with zero attached hydrogens (tertiary/aromatic N) is 1. The molecule has 1 atom stereocenters. The molecule has 1 N–H and O–H groups in total. The lowest BCUT2D eigenvalue weighted by Gasteiger charge is -2.34. The Morgan fingerprint density at radius 3 is 2.17 bits per heavy atom. The van der Waals surface area contributed by atoms with Crippen LogP contribution in [0.25, 0.3) is 0 Å². The molecule has 0 aliphatic heterocycles. The molecule has 0 aromatic heterocycles. The van der Waals surface area contributed by atoms with Gasteiger partial charge in [0.15, 0.2) is 6.61 Å². The first kappa shape index (κ1) is 27.9. The molecule has 36 heavy (non-hydrogen) atoms. The fraction of sp³-hybridized carbons (Fsp3) is 0.286. The summed E-state index contributed by atoms with van der Waals surface area (Å²) in [4.78, 5) is 28.7. The third-order valence-corrected chi connectivity index (χ3v) is 6.26. The maximum atomic E-state index is 13.6. The van der Waals surface area contributed by atoms with Gasteiger partial charge in [-0.25, -0.2) is 0 Å². The van der Waals surface area contributed by atoms with E-state index in [1.54, 1.807) is 42.5 Å². The van der Waals surface area contributed by atoms with Crippen LogP contribution in [-0.4, -0.2) is 34.9 Å². The summed E-state index contributed by atoms with van der Waals surface area (Å²) in [6, 6.07) is 20.6. The van der Waals surface area contributed by atoms with Gasteiger partial charge in [0.25, 0.3) is 5.91 Å². The first-order chi connectivity index (χ1) is 17.0. The monoisotopic (exact) mass is 546 g/mol. The summed E-state index contributed by atoms with van der Waals surface area (Å²) in [5.74, 6) is -0.230. The lowest BCUT2D eigenvalue weighted by Crippen LogP contribution is -2.55. The van der Waals surface area contributed by atoms with Crippen LogP contribution >= 0.6 is 34.8 Å². The molecule has 0 aliphatic carbocycles. The fourth-order valence-corrected chi connectivity index (χ4v) is 4.34. The van der Waals surface area contributed by atoms with Gasteiger partial charge in [0.05, 0.1) is 0 Å². The third kappa shape index (κ3) is 8.16. The van der Waals surface area contributed by atoms with Crippen molar-refractivity contribution >= 4 is 46.6 Å². The number of amides is 2. The highest BCUT2D eigenvalue weighted by Gasteiger charge is 2.33. The van der Waals surface area contributed by atoms with Crippen molar-refractivity contribution in [3.8, 4) is 5.75 Å². The third-order valence-electron chi connectivity index (χ3n) is 5.32. The summed E-state index contributed by atoms with van der Waals surface area (Å²) in [7, 11) is 0. The van der Waals surface area contributed by atoms with Crippen LogP contribution in [0.2, 0.25) is 15.1 Å². The van der Waals surface area contributed by atoms with E-state index in [2.05, 4.69) is 5.32 Å². The summed E-state index contributed by atoms with van der Waals surface area (Å²) in [6.07, 6.45) is 0.299. The zero-order chi connectivity index (χ0) is 26.3.